The zero-order valence-electron chi connectivity index (χ0n) is 10.4. The van der Waals surface area contributed by atoms with E-state index in [4.69, 9.17) is 0 Å². The molecule has 1 saturated carbocycles. The van der Waals surface area contributed by atoms with Crippen LogP contribution in [0.4, 0.5) is 0 Å². The monoisotopic (exact) mass is 210 g/mol. The minimum atomic E-state index is 0.486. The van der Waals surface area contributed by atoms with Gasteiger partial charge in [-0.1, -0.05) is 19.8 Å². The van der Waals surface area contributed by atoms with Crippen molar-refractivity contribution in [1.29, 1.82) is 0 Å². The molecule has 1 atom stereocenters. The van der Waals surface area contributed by atoms with Gasteiger partial charge in [-0.05, 0) is 45.7 Å². The van der Waals surface area contributed by atoms with Crippen LogP contribution in [0.5, 0.6) is 0 Å². The normalized spacial score (nSPS) is 29.2. The van der Waals surface area contributed by atoms with Gasteiger partial charge in [0.05, 0.1) is 0 Å². The summed E-state index contributed by atoms with van der Waals surface area (Å²) in [6, 6.07) is 0.766. The molecule has 2 heteroatoms. The van der Waals surface area contributed by atoms with Crippen molar-refractivity contribution in [2.45, 2.75) is 64.0 Å². The summed E-state index contributed by atoms with van der Waals surface area (Å²) in [6.45, 7) is 8.51. The molecular weight excluding hydrogens is 184 g/mol. The standard InChI is InChI=1S/C13H26N2/c1-3-12(2)15-10-6-9-14-13(11-15)7-4-5-8-13/h12,14H,3-11H2,1-2H3. The number of nitrogens with zero attached hydrogens (tertiary/aromatic N) is 1. The lowest BCUT2D eigenvalue weighted by Crippen LogP contribution is -2.51. The number of hydrogen-bond acceptors (Lipinski definition) is 2. The molecule has 1 spiro atoms. The van der Waals surface area contributed by atoms with E-state index in [2.05, 4.69) is 24.1 Å². The van der Waals surface area contributed by atoms with Crippen LogP contribution in [0.15, 0.2) is 0 Å². The minimum absolute atomic E-state index is 0.486. The van der Waals surface area contributed by atoms with Crippen LogP contribution >= 0.6 is 0 Å². The van der Waals surface area contributed by atoms with Gasteiger partial charge in [0.2, 0.25) is 0 Å². The van der Waals surface area contributed by atoms with Crippen molar-refractivity contribution < 1.29 is 0 Å². The van der Waals surface area contributed by atoms with Gasteiger partial charge in [-0.3, -0.25) is 4.90 Å². The fraction of sp³-hybridized carbons (Fsp3) is 1.00. The van der Waals surface area contributed by atoms with E-state index in [0.29, 0.717) is 5.54 Å². The van der Waals surface area contributed by atoms with Gasteiger partial charge in [0.1, 0.15) is 0 Å². The molecule has 0 amide bonds. The molecule has 1 N–H and O–H groups in total. The topological polar surface area (TPSA) is 15.3 Å². The lowest BCUT2D eigenvalue weighted by molar-refractivity contribution is 0.162. The highest BCUT2D eigenvalue weighted by Gasteiger charge is 2.36. The molecule has 0 aromatic rings. The van der Waals surface area contributed by atoms with Crippen molar-refractivity contribution >= 4 is 0 Å². The molecular formula is C13H26N2. The van der Waals surface area contributed by atoms with Crippen LogP contribution in [-0.4, -0.2) is 36.1 Å². The van der Waals surface area contributed by atoms with E-state index in [1.165, 1.54) is 58.2 Å². The van der Waals surface area contributed by atoms with Crippen LogP contribution < -0.4 is 5.32 Å². The molecule has 15 heavy (non-hydrogen) atoms. The molecule has 0 radical (unpaired) electrons. The second-order valence-corrected chi connectivity index (χ2v) is 5.50. The Morgan fingerprint density at radius 3 is 2.67 bits per heavy atom. The highest BCUT2D eigenvalue weighted by molar-refractivity contribution is 4.97. The third kappa shape index (κ3) is 2.54. The van der Waals surface area contributed by atoms with Gasteiger partial charge in [-0.25, -0.2) is 0 Å². The predicted molar refractivity (Wildman–Crippen MR) is 65.1 cm³/mol. The summed E-state index contributed by atoms with van der Waals surface area (Å²) in [6.07, 6.45) is 8.28. The Morgan fingerprint density at radius 2 is 2.00 bits per heavy atom. The van der Waals surface area contributed by atoms with Crippen molar-refractivity contribution in [1.82, 2.24) is 10.2 Å². The molecule has 1 unspecified atom stereocenters. The van der Waals surface area contributed by atoms with Crippen LogP contribution in [0.1, 0.15) is 52.4 Å². The number of hydrogen-bond donors (Lipinski definition) is 1. The molecule has 0 bridgehead atoms. The van der Waals surface area contributed by atoms with Crippen LogP contribution in [0.2, 0.25) is 0 Å². The number of rotatable bonds is 2. The largest absolute Gasteiger partial charge is 0.310 e. The first kappa shape index (κ1) is 11.4. The second kappa shape index (κ2) is 4.84. The zero-order valence-corrected chi connectivity index (χ0v) is 10.4. The first-order valence-corrected chi connectivity index (χ1v) is 6.75. The third-order valence-electron chi connectivity index (χ3n) is 4.40. The molecule has 2 fully saturated rings. The van der Waals surface area contributed by atoms with Crippen molar-refractivity contribution in [2.75, 3.05) is 19.6 Å². The van der Waals surface area contributed by atoms with Crippen molar-refractivity contribution in [3.05, 3.63) is 0 Å². The molecule has 2 nitrogen and oxygen atoms in total. The minimum Gasteiger partial charge on any atom is -0.310 e. The van der Waals surface area contributed by atoms with Gasteiger partial charge in [-0.15, -0.1) is 0 Å². The summed E-state index contributed by atoms with van der Waals surface area (Å²) >= 11 is 0. The molecule has 88 valence electrons. The molecule has 2 rings (SSSR count). The first-order valence-electron chi connectivity index (χ1n) is 6.75. The van der Waals surface area contributed by atoms with E-state index >= 15 is 0 Å². The molecule has 1 aliphatic heterocycles. The smallest absolute Gasteiger partial charge is 0.0308 e. The molecule has 0 aromatic heterocycles. The van der Waals surface area contributed by atoms with Gasteiger partial charge in [0.25, 0.3) is 0 Å². The highest BCUT2D eigenvalue weighted by atomic mass is 15.2. The Labute approximate surface area is 94.4 Å². The molecule has 2 aliphatic rings. The van der Waals surface area contributed by atoms with E-state index in [0.717, 1.165) is 6.04 Å². The Morgan fingerprint density at radius 1 is 1.27 bits per heavy atom. The molecule has 0 aromatic carbocycles. The van der Waals surface area contributed by atoms with Crippen LogP contribution in [0, 0.1) is 0 Å². The van der Waals surface area contributed by atoms with Crippen LogP contribution in [0.25, 0.3) is 0 Å². The maximum absolute atomic E-state index is 3.82. The lowest BCUT2D eigenvalue weighted by Gasteiger charge is -2.36. The summed E-state index contributed by atoms with van der Waals surface area (Å²) in [5.74, 6) is 0. The lowest BCUT2D eigenvalue weighted by atomic mass is 9.96. The van der Waals surface area contributed by atoms with E-state index in [1.54, 1.807) is 0 Å². The summed E-state index contributed by atoms with van der Waals surface area (Å²) in [4.78, 5) is 2.71. The van der Waals surface area contributed by atoms with E-state index < -0.39 is 0 Å². The van der Waals surface area contributed by atoms with Crippen LogP contribution in [0.3, 0.4) is 0 Å². The maximum atomic E-state index is 3.82. The Hall–Kier alpha value is -0.0800. The second-order valence-electron chi connectivity index (χ2n) is 5.50. The fourth-order valence-electron chi connectivity index (χ4n) is 3.18. The van der Waals surface area contributed by atoms with Gasteiger partial charge >= 0.3 is 0 Å². The molecule has 1 heterocycles. The van der Waals surface area contributed by atoms with Gasteiger partial charge in [0, 0.05) is 18.1 Å². The Bertz CT molecular complexity index is 197. The summed E-state index contributed by atoms with van der Waals surface area (Å²) in [5.41, 5.74) is 0.486. The maximum Gasteiger partial charge on any atom is 0.0308 e. The van der Waals surface area contributed by atoms with Gasteiger partial charge in [0.15, 0.2) is 0 Å². The van der Waals surface area contributed by atoms with Gasteiger partial charge in [-0.2, -0.15) is 0 Å². The van der Waals surface area contributed by atoms with E-state index in [1.807, 2.05) is 0 Å². The summed E-state index contributed by atoms with van der Waals surface area (Å²) in [5, 5.41) is 3.82. The zero-order chi connectivity index (χ0) is 10.7. The van der Waals surface area contributed by atoms with Crippen molar-refractivity contribution in [2.24, 2.45) is 0 Å². The quantitative estimate of drug-likeness (QED) is 0.753. The highest BCUT2D eigenvalue weighted by Crippen LogP contribution is 2.32. The SMILES string of the molecule is CCC(C)N1CCCNC2(CCCC2)C1. The van der Waals surface area contributed by atoms with E-state index in [9.17, 15) is 0 Å². The number of nitrogens with one attached hydrogen (secondary N) is 1. The predicted octanol–water partition coefficient (Wildman–Crippen LogP) is 2.39. The first-order chi connectivity index (χ1) is 7.26. The summed E-state index contributed by atoms with van der Waals surface area (Å²) in [7, 11) is 0. The van der Waals surface area contributed by atoms with Crippen LogP contribution in [-0.2, 0) is 0 Å². The van der Waals surface area contributed by atoms with Gasteiger partial charge < -0.3 is 5.32 Å². The van der Waals surface area contributed by atoms with E-state index in [-0.39, 0.29) is 0 Å². The summed E-state index contributed by atoms with van der Waals surface area (Å²) < 4.78 is 0. The fourth-order valence-corrected chi connectivity index (χ4v) is 3.18. The third-order valence-corrected chi connectivity index (χ3v) is 4.40. The average Bonchev–Trinajstić information content (AvgIpc) is 2.59. The molecule has 1 aliphatic carbocycles. The Kier molecular flexibility index (Phi) is 3.68. The molecule has 1 saturated heterocycles. The van der Waals surface area contributed by atoms with Crippen molar-refractivity contribution in [3.8, 4) is 0 Å². The average molecular weight is 210 g/mol. The Balaban J connectivity index is 2.01. The van der Waals surface area contributed by atoms with Crippen molar-refractivity contribution in [3.63, 3.8) is 0 Å².